The quantitative estimate of drug-likeness (QED) is 0.736. The van der Waals surface area contributed by atoms with Gasteiger partial charge in [0.05, 0.1) is 0 Å². The van der Waals surface area contributed by atoms with Gasteiger partial charge in [-0.1, -0.05) is 0 Å². The van der Waals surface area contributed by atoms with Gasteiger partial charge in [-0.05, 0) is 46.2 Å². The van der Waals surface area contributed by atoms with Gasteiger partial charge in [0.15, 0.2) is 5.82 Å². The van der Waals surface area contributed by atoms with Crippen LogP contribution in [0.15, 0.2) is 0 Å². The molecule has 140 valence electrons. The summed E-state index contributed by atoms with van der Waals surface area (Å²) in [5.74, 6) is 1.61. The lowest BCUT2D eigenvalue weighted by molar-refractivity contribution is -0.130. The Morgan fingerprint density at radius 2 is 1.92 bits per heavy atom. The molecule has 0 saturated carbocycles. The second-order valence-corrected chi connectivity index (χ2v) is 6.41. The van der Waals surface area contributed by atoms with E-state index >= 15 is 0 Å². The van der Waals surface area contributed by atoms with E-state index < -0.39 is 0 Å². The predicted octanol–water partition coefficient (Wildman–Crippen LogP) is 1.26. The van der Waals surface area contributed by atoms with Crippen molar-refractivity contribution in [1.82, 2.24) is 25.0 Å². The van der Waals surface area contributed by atoms with E-state index in [0.29, 0.717) is 44.2 Å². The number of carbonyl (C=O) groups is 2. The van der Waals surface area contributed by atoms with E-state index in [-0.39, 0.29) is 11.8 Å². The van der Waals surface area contributed by atoms with Crippen molar-refractivity contribution in [3.8, 4) is 0 Å². The molecule has 1 aliphatic heterocycles. The molecule has 0 spiro atoms. The number of aryl methyl sites for hydroxylation is 1. The highest BCUT2D eigenvalue weighted by atomic mass is 16.2. The maximum Gasteiger partial charge on any atom is 0.227 e. The minimum absolute atomic E-state index is 0.102. The average molecular weight is 350 g/mol. The molecule has 2 heterocycles. The molecule has 1 aromatic rings. The molecule has 2 amide bonds. The van der Waals surface area contributed by atoms with Crippen molar-refractivity contribution >= 4 is 17.8 Å². The molecule has 0 radical (unpaired) electrons. The van der Waals surface area contributed by atoms with Crippen LogP contribution in [0.1, 0.15) is 57.7 Å². The summed E-state index contributed by atoms with van der Waals surface area (Å²) in [6.07, 6.45) is 3.28. The van der Waals surface area contributed by atoms with Crippen LogP contribution in [-0.2, 0) is 16.6 Å². The number of aromatic nitrogens is 3. The zero-order valence-electron chi connectivity index (χ0n) is 15.5. The maximum absolute atomic E-state index is 12.1. The summed E-state index contributed by atoms with van der Waals surface area (Å²) in [6, 6.07) is 0. The van der Waals surface area contributed by atoms with Crippen LogP contribution in [0.2, 0.25) is 0 Å². The zero-order chi connectivity index (χ0) is 18.2. The number of nitrogens with zero attached hydrogens (tertiary/aromatic N) is 4. The molecule has 8 nitrogen and oxygen atoms in total. The Balaban J connectivity index is 1.80. The molecule has 2 N–H and O–H groups in total. The third-order valence-corrected chi connectivity index (χ3v) is 4.65. The lowest BCUT2D eigenvalue weighted by Crippen LogP contribution is -2.30. The Labute approximate surface area is 149 Å². The molecule has 0 atom stereocenters. The smallest absolute Gasteiger partial charge is 0.227 e. The second kappa shape index (κ2) is 9.50. The van der Waals surface area contributed by atoms with Gasteiger partial charge >= 0.3 is 0 Å². The van der Waals surface area contributed by atoms with Crippen LogP contribution in [-0.4, -0.2) is 57.7 Å². The van der Waals surface area contributed by atoms with Crippen molar-refractivity contribution in [3.63, 3.8) is 0 Å². The molecule has 1 aliphatic rings. The molecular weight excluding hydrogens is 320 g/mol. The van der Waals surface area contributed by atoms with Crippen molar-refractivity contribution in [2.45, 2.75) is 51.9 Å². The Hall–Kier alpha value is -1.96. The molecular formula is C17H30N6O2. The number of anilines is 1. The molecule has 1 aromatic heterocycles. The van der Waals surface area contributed by atoms with Crippen molar-refractivity contribution < 1.29 is 9.59 Å². The first kappa shape index (κ1) is 19.4. The summed E-state index contributed by atoms with van der Waals surface area (Å²) < 4.78 is 1.62. The lowest BCUT2D eigenvalue weighted by atomic mass is 9.98. The van der Waals surface area contributed by atoms with Gasteiger partial charge in [0, 0.05) is 38.9 Å². The molecule has 25 heavy (non-hydrogen) atoms. The van der Waals surface area contributed by atoms with Gasteiger partial charge in [-0.15, -0.1) is 0 Å². The minimum atomic E-state index is -0.125. The highest BCUT2D eigenvalue weighted by Gasteiger charge is 2.21. The molecule has 0 bridgehead atoms. The summed E-state index contributed by atoms with van der Waals surface area (Å²) in [4.78, 5) is 30.3. The highest BCUT2D eigenvalue weighted by molar-refractivity contribution is 5.89. The van der Waals surface area contributed by atoms with E-state index in [1.54, 1.807) is 16.6 Å². The van der Waals surface area contributed by atoms with Crippen LogP contribution in [0, 0.1) is 0 Å². The number of hydrogen-bond donors (Lipinski definition) is 2. The topological polar surface area (TPSA) is 92.2 Å². The monoisotopic (exact) mass is 350 g/mol. The van der Waals surface area contributed by atoms with Crippen LogP contribution in [0.25, 0.3) is 0 Å². The predicted molar refractivity (Wildman–Crippen MR) is 96.3 cm³/mol. The van der Waals surface area contributed by atoms with E-state index in [1.165, 1.54) is 0 Å². The fourth-order valence-electron chi connectivity index (χ4n) is 3.09. The molecule has 0 aromatic carbocycles. The number of nitrogens with one attached hydrogen (secondary N) is 2. The normalized spacial score (nSPS) is 15.2. The first-order valence-corrected chi connectivity index (χ1v) is 9.24. The average Bonchev–Trinajstić information content (AvgIpc) is 2.97. The summed E-state index contributed by atoms with van der Waals surface area (Å²) in [5, 5.41) is 10.6. The SMILES string of the molecule is CCN(CC)C(=O)CCCC(=O)Nc1nc(C2CCNCC2)nn1C. The van der Waals surface area contributed by atoms with E-state index in [9.17, 15) is 9.59 Å². The highest BCUT2D eigenvalue weighted by Crippen LogP contribution is 2.23. The summed E-state index contributed by atoms with van der Waals surface area (Å²) >= 11 is 0. The van der Waals surface area contributed by atoms with E-state index in [4.69, 9.17) is 0 Å². The van der Waals surface area contributed by atoms with Gasteiger partial charge in [0.2, 0.25) is 17.8 Å². The molecule has 1 fully saturated rings. The van der Waals surface area contributed by atoms with Gasteiger partial charge < -0.3 is 10.2 Å². The van der Waals surface area contributed by atoms with Crippen LogP contribution in [0.4, 0.5) is 5.95 Å². The standard InChI is InChI=1S/C17H30N6O2/c1-4-23(5-2)15(25)8-6-7-14(24)19-17-20-16(21-22(17)3)13-9-11-18-12-10-13/h13,18H,4-12H2,1-3H3,(H,19,20,21,24). The molecule has 0 unspecified atom stereocenters. The number of amides is 2. The molecule has 0 aliphatic carbocycles. The fourth-order valence-corrected chi connectivity index (χ4v) is 3.09. The second-order valence-electron chi connectivity index (χ2n) is 6.41. The Morgan fingerprint density at radius 3 is 2.56 bits per heavy atom. The fraction of sp³-hybridized carbons (Fsp3) is 0.765. The largest absolute Gasteiger partial charge is 0.343 e. The summed E-state index contributed by atoms with van der Waals surface area (Å²) in [7, 11) is 1.79. The van der Waals surface area contributed by atoms with Crippen LogP contribution in [0.5, 0.6) is 0 Å². The molecule has 1 saturated heterocycles. The molecule has 8 heteroatoms. The first-order chi connectivity index (χ1) is 12.0. The minimum Gasteiger partial charge on any atom is -0.343 e. The summed E-state index contributed by atoms with van der Waals surface area (Å²) in [5.41, 5.74) is 0. The Kier molecular flexibility index (Phi) is 7.36. The molecule has 2 rings (SSSR count). The lowest BCUT2D eigenvalue weighted by Gasteiger charge is -2.19. The van der Waals surface area contributed by atoms with E-state index in [2.05, 4.69) is 20.7 Å². The van der Waals surface area contributed by atoms with Crippen molar-refractivity contribution in [2.24, 2.45) is 7.05 Å². The maximum atomic E-state index is 12.1. The van der Waals surface area contributed by atoms with Crippen molar-refractivity contribution in [1.29, 1.82) is 0 Å². The van der Waals surface area contributed by atoms with Gasteiger partial charge in [-0.2, -0.15) is 10.1 Å². The van der Waals surface area contributed by atoms with Gasteiger partial charge in [-0.3, -0.25) is 14.9 Å². The first-order valence-electron chi connectivity index (χ1n) is 9.24. The zero-order valence-corrected chi connectivity index (χ0v) is 15.5. The van der Waals surface area contributed by atoms with Gasteiger partial charge in [-0.25, -0.2) is 4.68 Å². The van der Waals surface area contributed by atoms with Gasteiger partial charge in [0.25, 0.3) is 0 Å². The number of carbonyl (C=O) groups excluding carboxylic acids is 2. The van der Waals surface area contributed by atoms with E-state index in [1.807, 2.05) is 13.8 Å². The third-order valence-electron chi connectivity index (χ3n) is 4.65. The number of piperidine rings is 1. The Bertz CT molecular complexity index is 576. The van der Waals surface area contributed by atoms with Crippen LogP contribution < -0.4 is 10.6 Å². The Morgan fingerprint density at radius 1 is 1.24 bits per heavy atom. The van der Waals surface area contributed by atoms with Crippen molar-refractivity contribution in [3.05, 3.63) is 5.82 Å². The number of hydrogen-bond acceptors (Lipinski definition) is 5. The van der Waals surface area contributed by atoms with Crippen molar-refractivity contribution in [2.75, 3.05) is 31.5 Å². The number of rotatable bonds is 8. The summed E-state index contributed by atoms with van der Waals surface area (Å²) in [6.45, 7) is 7.29. The van der Waals surface area contributed by atoms with Gasteiger partial charge in [0.1, 0.15) is 0 Å². The van der Waals surface area contributed by atoms with E-state index in [0.717, 1.165) is 31.8 Å². The van der Waals surface area contributed by atoms with Crippen LogP contribution in [0.3, 0.4) is 0 Å². The third kappa shape index (κ3) is 5.52. The van der Waals surface area contributed by atoms with Crippen LogP contribution >= 0.6 is 0 Å².